The number of carbonyl (C=O) groups is 1. The first-order chi connectivity index (χ1) is 18.6. The van der Waals surface area contributed by atoms with Crippen LogP contribution in [0.3, 0.4) is 0 Å². The Kier molecular flexibility index (Phi) is 7.72. The van der Waals surface area contributed by atoms with Crippen molar-refractivity contribution in [3.05, 3.63) is 82.4 Å². The summed E-state index contributed by atoms with van der Waals surface area (Å²) >= 11 is 0. The lowest BCUT2D eigenvalue weighted by molar-refractivity contribution is -0.137. The molecule has 1 N–H and O–H groups in total. The Morgan fingerprint density at radius 3 is 2.38 bits per heavy atom. The van der Waals surface area contributed by atoms with Crippen molar-refractivity contribution in [2.75, 3.05) is 18.6 Å². The van der Waals surface area contributed by atoms with E-state index in [0.29, 0.717) is 31.5 Å². The van der Waals surface area contributed by atoms with Gasteiger partial charge in [0.1, 0.15) is 27.9 Å². The molecule has 0 saturated heterocycles. The second-order valence-corrected chi connectivity index (χ2v) is 13.4. The Bertz CT molecular complexity index is 1470. The van der Waals surface area contributed by atoms with Crippen LogP contribution in [0.25, 0.3) is 11.1 Å². The summed E-state index contributed by atoms with van der Waals surface area (Å²) in [7, 11) is -2.99. The third-order valence-electron chi connectivity index (χ3n) is 8.15. The topological polar surface area (TPSA) is 89.9 Å². The molecule has 2 aliphatic rings. The third kappa shape index (κ3) is 6.14. The number of sulfone groups is 1. The summed E-state index contributed by atoms with van der Waals surface area (Å²) < 4.78 is 34.7. The summed E-state index contributed by atoms with van der Waals surface area (Å²) in [6.45, 7) is 4.93. The van der Waals surface area contributed by atoms with Crippen molar-refractivity contribution in [1.29, 1.82) is 0 Å². The minimum Gasteiger partial charge on any atom is -0.494 e. The molecule has 0 spiro atoms. The Morgan fingerprint density at radius 1 is 0.949 bits per heavy atom. The van der Waals surface area contributed by atoms with Gasteiger partial charge in [0.25, 0.3) is 0 Å². The second-order valence-electron chi connectivity index (χ2n) is 11.1. The van der Waals surface area contributed by atoms with E-state index in [1.807, 2.05) is 24.3 Å². The van der Waals surface area contributed by atoms with Crippen LogP contribution in [0.4, 0.5) is 0 Å². The first-order valence-corrected chi connectivity index (χ1v) is 15.6. The third-order valence-corrected chi connectivity index (χ3v) is 9.18. The van der Waals surface area contributed by atoms with Gasteiger partial charge in [-0.2, -0.15) is 0 Å². The number of rotatable bonds is 11. The summed E-state index contributed by atoms with van der Waals surface area (Å²) in [6.07, 6.45) is 4.15. The fourth-order valence-corrected chi connectivity index (χ4v) is 6.97. The van der Waals surface area contributed by atoms with Crippen molar-refractivity contribution in [3.63, 3.8) is 0 Å². The smallest absolute Gasteiger partial charge is 0.303 e. The van der Waals surface area contributed by atoms with Crippen molar-refractivity contribution in [2.24, 2.45) is 5.92 Å². The van der Waals surface area contributed by atoms with E-state index in [0.717, 1.165) is 52.2 Å². The number of hydrogen-bond acceptors (Lipinski definition) is 5. The zero-order chi connectivity index (χ0) is 27.7. The number of ether oxygens (including phenoxy) is 2. The second kappa shape index (κ2) is 11.0. The number of aliphatic carboxylic acids is 1. The van der Waals surface area contributed by atoms with Gasteiger partial charge in [-0.05, 0) is 120 Å². The van der Waals surface area contributed by atoms with Crippen LogP contribution in [-0.4, -0.2) is 38.1 Å². The van der Waals surface area contributed by atoms with Gasteiger partial charge in [-0.1, -0.05) is 24.3 Å². The summed E-state index contributed by atoms with van der Waals surface area (Å²) in [4.78, 5) is 11.4. The quantitative estimate of drug-likeness (QED) is 0.278. The molecule has 0 unspecified atom stereocenters. The molecule has 2 aliphatic carbocycles. The van der Waals surface area contributed by atoms with Gasteiger partial charge in [-0.15, -0.1) is 0 Å². The van der Waals surface area contributed by atoms with Crippen molar-refractivity contribution in [2.45, 2.75) is 58.0 Å². The number of fused-ring (bicyclic) bond motifs is 3. The van der Waals surface area contributed by atoms with E-state index in [-0.39, 0.29) is 18.1 Å². The van der Waals surface area contributed by atoms with Crippen molar-refractivity contribution in [1.82, 2.24) is 0 Å². The molecule has 206 valence electrons. The van der Waals surface area contributed by atoms with Gasteiger partial charge in [0, 0.05) is 6.26 Å². The molecule has 5 rings (SSSR count). The molecule has 0 bridgehead atoms. The molecule has 0 radical (unpaired) electrons. The van der Waals surface area contributed by atoms with Crippen molar-refractivity contribution in [3.8, 4) is 22.6 Å². The Hall–Kier alpha value is -3.32. The molecule has 3 aromatic rings. The van der Waals surface area contributed by atoms with Gasteiger partial charge in [-0.3, -0.25) is 4.79 Å². The van der Waals surface area contributed by atoms with E-state index in [1.165, 1.54) is 17.4 Å². The monoisotopic (exact) mass is 548 g/mol. The maximum absolute atomic E-state index is 11.4. The Morgan fingerprint density at radius 2 is 1.72 bits per heavy atom. The minimum absolute atomic E-state index is 0.121. The lowest BCUT2D eigenvalue weighted by Crippen LogP contribution is -2.23. The SMILES string of the molecule is Cc1cc(OCCCS(C)(=O)=O)cc(C)c1-c1cccc(COc2ccc3c(c2)[C@@H]2CC[C@@H]2[C@H]3CC(=O)O)c1. The van der Waals surface area contributed by atoms with E-state index in [1.54, 1.807) is 0 Å². The Balaban J connectivity index is 1.26. The van der Waals surface area contributed by atoms with Gasteiger partial charge in [0.15, 0.2) is 0 Å². The zero-order valence-corrected chi connectivity index (χ0v) is 23.6. The molecule has 0 aromatic heterocycles. The summed E-state index contributed by atoms with van der Waals surface area (Å²) in [5, 5.41) is 9.36. The van der Waals surface area contributed by atoms with Crippen LogP contribution in [-0.2, 0) is 21.2 Å². The largest absolute Gasteiger partial charge is 0.494 e. The molecule has 0 amide bonds. The summed E-state index contributed by atoms with van der Waals surface area (Å²) in [6, 6.07) is 18.5. The highest BCUT2D eigenvalue weighted by Gasteiger charge is 2.46. The maximum atomic E-state index is 11.4. The minimum atomic E-state index is -2.99. The molecule has 0 heterocycles. The van der Waals surface area contributed by atoms with Crippen LogP contribution in [0.2, 0.25) is 0 Å². The highest BCUT2D eigenvalue weighted by Crippen LogP contribution is 2.59. The van der Waals surface area contributed by atoms with Crippen LogP contribution in [0, 0.1) is 19.8 Å². The lowest BCUT2D eigenvalue weighted by Gasteiger charge is -2.34. The molecule has 39 heavy (non-hydrogen) atoms. The van der Waals surface area contributed by atoms with Gasteiger partial charge in [0.05, 0.1) is 18.8 Å². The maximum Gasteiger partial charge on any atom is 0.303 e. The standard InChI is InChI=1S/C32H36O6S/c1-20-14-25(37-12-5-13-39(3,35)36)15-21(2)32(20)23-7-4-6-22(16-23)19-38-24-8-9-28-29(17-24)26-10-11-27(26)30(28)18-31(33)34/h4,6-9,14-17,26-27,30H,5,10-13,18-19H2,1-3H3,(H,33,34)/t26-,27+,30-/m1/s1. The number of hydrogen-bond donors (Lipinski definition) is 1. The fraction of sp³-hybridized carbons (Fsp3) is 0.406. The average molecular weight is 549 g/mol. The zero-order valence-electron chi connectivity index (χ0n) is 22.8. The van der Waals surface area contributed by atoms with Crippen molar-refractivity contribution >= 4 is 15.8 Å². The predicted octanol–water partition coefficient (Wildman–Crippen LogP) is 6.43. The fourth-order valence-electron chi connectivity index (χ4n) is 6.33. The van der Waals surface area contributed by atoms with Gasteiger partial charge < -0.3 is 14.6 Å². The van der Waals surface area contributed by atoms with Gasteiger partial charge in [-0.25, -0.2) is 8.42 Å². The molecule has 0 aliphatic heterocycles. The number of benzene rings is 3. The highest BCUT2D eigenvalue weighted by molar-refractivity contribution is 7.90. The lowest BCUT2D eigenvalue weighted by atomic mass is 9.70. The highest BCUT2D eigenvalue weighted by atomic mass is 32.2. The predicted molar refractivity (Wildman–Crippen MR) is 152 cm³/mol. The molecule has 1 fully saturated rings. The first-order valence-electron chi connectivity index (χ1n) is 13.6. The normalized spacial score (nSPS) is 19.6. The number of aryl methyl sites for hydroxylation is 2. The number of carboxylic acids is 1. The first kappa shape index (κ1) is 27.3. The van der Waals surface area contributed by atoms with Gasteiger partial charge >= 0.3 is 5.97 Å². The molecule has 1 saturated carbocycles. The molecule has 6 nitrogen and oxygen atoms in total. The van der Waals surface area contributed by atoms with Crippen molar-refractivity contribution < 1.29 is 27.8 Å². The van der Waals surface area contributed by atoms with Gasteiger partial charge in [0.2, 0.25) is 0 Å². The number of carboxylic acid groups (broad SMARTS) is 1. The Labute approximate surface area is 230 Å². The van der Waals surface area contributed by atoms with Crippen LogP contribution in [0.15, 0.2) is 54.6 Å². The van der Waals surface area contributed by atoms with Crippen LogP contribution in [0.5, 0.6) is 11.5 Å². The van der Waals surface area contributed by atoms with E-state index in [9.17, 15) is 18.3 Å². The average Bonchev–Trinajstić information content (AvgIpc) is 3.03. The molecule has 7 heteroatoms. The van der Waals surface area contributed by atoms with Crippen LogP contribution < -0.4 is 9.47 Å². The van der Waals surface area contributed by atoms with E-state index in [4.69, 9.17) is 9.47 Å². The van der Waals surface area contributed by atoms with Crippen LogP contribution in [0.1, 0.15) is 65.3 Å². The molecular weight excluding hydrogens is 512 g/mol. The van der Waals surface area contributed by atoms with E-state index < -0.39 is 15.8 Å². The van der Waals surface area contributed by atoms with E-state index >= 15 is 0 Å². The molecule has 3 aromatic carbocycles. The molecule has 3 atom stereocenters. The summed E-state index contributed by atoms with van der Waals surface area (Å²) in [5.41, 5.74) is 7.97. The molecular formula is C32H36O6S. The van der Waals surface area contributed by atoms with Crippen LogP contribution >= 0.6 is 0 Å². The summed E-state index contributed by atoms with van der Waals surface area (Å²) in [5.74, 6) is 2.01. The van der Waals surface area contributed by atoms with E-state index in [2.05, 4.69) is 44.2 Å².